The Morgan fingerprint density at radius 1 is 1.32 bits per heavy atom. The number of carbonyl (C=O) groups excluding carboxylic acids is 1. The van der Waals surface area contributed by atoms with Crippen LogP contribution in [0.25, 0.3) is 0 Å². The van der Waals surface area contributed by atoms with Gasteiger partial charge in [0.2, 0.25) is 0 Å². The number of para-hydroxylation sites is 1. The van der Waals surface area contributed by atoms with Gasteiger partial charge in [-0.3, -0.25) is 23.7 Å². The van der Waals surface area contributed by atoms with E-state index >= 15 is 0 Å². The van der Waals surface area contributed by atoms with E-state index in [4.69, 9.17) is 37.2 Å². The van der Waals surface area contributed by atoms with Gasteiger partial charge in [-0.15, -0.1) is 6.42 Å². The molecule has 6 atom stereocenters. The number of aliphatic hydroxyl groups excluding tert-OH is 2. The first-order valence-corrected chi connectivity index (χ1v) is 13.2. The van der Waals surface area contributed by atoms with E-state index < -0.39 is 62.1 Å². The van der Waals surface area contributed by atoms with Crippen molar-refractivity contribution in [2.75, 3.05) is 6.61 Å². The lowest BCUT2D eigenvalue weighted by Crippen LogP contribution is -2.46. The second-order valence-corrected chi connectivity index (χ2v) is 10.6. The molecule has 12 nitrogen and oxygen atoms in total. The molecule has 1 aliphatic rings. The molecule has 1 aromatic heterocycles. The third kappa shape index (κ3) is 6.74. The zero-order valence-electron chi connectivity index (χ0n) is 20.3. The summed E-state index contributed by atoms with van der Waals surface area (Å²) >= 11 is 5.11. The predicted molar refractivity (Wildman–Crippen MR) is 134 cm³/mol. The first-order chi connectivity index (χ1) is 17.4. The number of benzene rings is 1. The molecule has 1 saturated heterocycles. The van der Waals surface area contributed by atoms with E-state index in [1.165, 1.54) is 29.8 Å². The predicted octanol–water partition coefficient (Wildman–Crippen LogP) is 1.66. The zero-order chi connectivity index (χ0) is 27.4. The van der Waals surface area contributed by atoms with E-state index in [1.807, 2.05) is 0 Å². The van der Waals surface area contributed by atoms with Crippen LogP contribution in [0.2, 0.25) is 0 Å². The monoisotopic (exact) mass is 553 g/mol. The van der Waals surface area contributed by atoms with Crippen molar-refractivity contribution in [3.63, 3.8) is 0 Å². The van der Waals surface area contributed by atoms with E-state index in [0.717, 1.165) is 6.07 Å². The van der Waals surface area contributed by atoms with Crippen molar-refractivity contribution in [3.05, 3.63) is 57.7 Å². The standard InChI is InChI=1S/C23H28N3O9PS/c1-5-23(19(29)18(28)20(34-23)26-12-11-17(27)24-22(26)37)13-32-36(31,35-16-9-7-6-8-10-16)25-15(4)21(30)33-14(2)3/h1,6-12,14-15,18-20,28-29H,13H2,2-4H3,(H,25,31)(H,24,27,37)/t15-,18-,19?,20+,23+,36?/m0/s1. The fraction of sp³-hybridized carbons (Fsp3) is 0.435. The lowest BCUT2D eigenvalue weighted by Gasteiger charge is -2.29. The average molecular weight is 554 g/mol. The molecular weight excluding hydrogens is 525 g/mol. The van der Waals surface area contributed by atoms with Crippen molar-refractivity contribution in [1.29, 1.82) is 0 Å². The van der Waals surface area contributed by atoms with Crippen molar-refractivity contribution >= 4 is 25.9 Å². The maximum absolute atomic E-state index is 13.7. The molecule has 2 aromatic rings. The number of hydrogen-bond acceptors (Lipinski definition) is 10. The van der Waals surface area contributed by atoms with Crippen LogP contribution in [0.4, 0.5) is 0 Å². The molecule has 3 rings (SSSR count). The molecule has 0 bridgehead atoms. The minimum Gasteiger partial charge on any atom is -0.462 e. The second-order valence-electron chi connectivity index (χ2n) is 8.51. The van der Waals surface area contributed by atoms with Crippen LogP contribution in [0.15, 0.2) is 47.4 Å². The number of rotatable bonds is 10. The van der Waals surface area contributed by atoms with E-state index in [9.17, 15) is 24.4 Å². The van der Waals surface area contributed by atoms with Crippen molar-refractivity contribution in [2.24, 2.45) is 0 Å². The van der Waals surface area contributed by atoms with E-state index in [0.29, 0.717) is 0 Å². The van der Waals surface area contributed by atoms with Crippen molar-refractivity contribution in [3.8, 4) is 18.1 Å². The Bertz CT molecular complexity index is 1310. The van der Waals surface area contributed by atoms with E-state index in [2.05, 4.69) is 16.0 Å². The van der Waals surface area contributed by atoms with Gasteiger partial charge in [0.05, 0.1) is 6.10 Å². The van der Waals surface area contributed by atoms with Crippen LogP contribution in [0.3, 0.4) is 0 Å². The van der Waals surface area contributed by atoms with Crippen molar-refractivity contribution in [1.82, 2.24) is 14.6 Å². The smallest absolute Gasteiger partial charge is 0.459 e. The molecule has 0 amide bonds. The number of nitrogens with zero attached hydrogens (tertiary/aromatic N) is 1. The second kappa shape index (κ2) is 11.7. The molecule has 37 heavy (non-hydrogen) atoms. The third-order valence-electron chi connectivity index (χ3n) is 5.27. The van der Waals surface area contributed by atoms with Gasteiger partial charge in [0, 0.05) is 12.3 Å². The van der Waals surface area contributed by atoms with Gasteiger partial charge >= 0.3 is 13.7 Å². The molecule has 0 aliphatic carbocycles. The van der Waals surface area contributed by atoms with Gasteiger partial charge in [-0.1, -0.05) is 24.1 Å². The fourth-order valence-corrected chi connectivity index (χ4v) is 5.22. The average Bonchev–Trinajstić information content (AvgIpc) is 3.08. The van der Waals surface area contributed by atoms with Crippen molar-refractivity contribution in [2.45, 2.75) is 57.0 Å². The minimum atomic E-state index is -4.35. The topological polar surface area (TPSA) is 161 Å². The van der Waals surface area contributed by atoms with Crippen LogP contribution in [-0.2, 0) is 23.4 Å². The van der Waals surface area contributed by atoms with Gasteiger partial charge in [0.25, 0.3) is 5.56 Å². The van der Waals surface area contributed by atoms with Gasteiger partial charge < -0.3 is 24.2 Å². The Morgan fingerprint density at radius 3 is 2.59 bits per heavy atom. The lowest BCUT2D eigenvalue weighted by atomic mass is 9.97. The van der Waals surface area contributed by atoms with Gasteiger partial charge in [-0.25, -0.2) is 4.57 Å². The number of terminal acetylenes is 1. The van der Waals surface area contributed by atoms with Gasteiger partial charge in [-0.2, -0.15) is 5.09 Å². The molecule has 1 aliphatic heterocycles. The number of aromatic nitrogens is 2. The highest BCUT2D eigenvalue weighted by Crippen LogP contribution is 2.47. The largest absolute Gasteiger partial charge is 0.462 e. The number of H-pyrrole nitrogens is 1. The Hall–Kier alpha value is -2.82. The number of aromatic amines is 1. The number of esters is 1. The third-order valence-corrected chi connectivity index (χ3v) is 7.21. The molecule has 14 heteroatoms. The maximum Gasteiger partial charge on any atom is 0.459 e. The Balaban J connectivity index is 1.87. The highest BCUT2D eigenvalue weighted by Gasteiger charge is 2.55. The van der Waals surface area contributed by atoms with Gasteiger partial charge in [-0.05, 0) is 45.1 Å². The summed E-state index contributed by atoms with van der Waals surface area (Å²) < 4.78 is 36.9. The normalized spacial score (nSPS) is 25.7. The summed E-state index contributed by atoms with van der Waals surface area (Å²) in [4.78, 5) is 26.2. The number of nitrogens with one attached hydrogen (secondary N) is 2. The number of aliphatic hydroxyl groups is 2. The first-order valence-electron chi connectivity index (χ1n) is 11.2. The molecule has 0 saturated carbocycles. The Kier molecular flexibility index (Phi) is 9.09. The summed E-state index contributed by atoms with van der Waals surface area (Å²) in [7, 11) is -4.35. The molecule has 2 heterocycles. The fourth-order valence-electron chi connectivity index (χ4n) is 3.43. The van der Waals surface area contributed by atoms with E-state index in [1.54, 1.807) is 32.0 Å². The summed E-state index contributed by atoms with van der Waals surface area (Å²) in [6.45, 7) is 4.00. The Morgan fingerprint density at radius 2 is 2.00 bits per heavy atom. The molecular formula is C23H28N3O9PS. The summed E-state index contributed by atoms with van der Waals surface area (Å²) in [5.41, 5.74) is -2.48. The SMILES string of the molecule is C#C[C@]1(COP(=O)(N[C@@H](C)C(=O)OC(C)C)Oc2ccccc2)O[C@@H](n2ccc(=O)[nH]c2=S)[C@@H](O)C1O. The molecule has 1 aromatic carbocycles. The Labute approximate surface area is 218 Å². The van der Waals surface area contributed by atoms with Crippen molar-refractivity contribution < 1.29 is 38.1 Å². The summed E-state index contributed by atoms with van der Waals surface area (Å²) in [5.74, 6) is 1.70. The van der Waals surface area contributed by atoms with Crippen LogP contribution in [0.5, 0.6) is 5.75 Å². The molecule has 2 unspecified atom stereocenters. The molecule has 0 radical (unpaired) electrons. The molecule has 0 spiro atoms. The van der Waals surface area contributed by atoms with Crippen LogP contribution >= 0.6 is 20.0 Å². The lowest BCUT2D eigenvalue weighted by molar-refractivity contribution is -0.149. The zero-order valence-corrected chi connectivity index (χ0v) is 22.0. The molecule has 4 N–H and O–H groups in total. The van der Waals surface area contributed by atoms with Crippen LogP contribution in [0, 0.1) is 17.1 Å². The number of carbonyl (C=O) groups is 1. The number of ether oxygens (including phenoxy) is 2. The highest BCUT2D eigenvalue weighted by atomic mass is 32.1. The molecule has 200 valence electrons. The highest BCUT2D eigenvalue weighted by molar-refractivity contribution is 7.71. The maximum atomic E-state index is 13.7. The first kappa shape index (κ1) is 28.7. The van der Waals surface area contributed by atoms with Crippen LogP contribution in [0.1, 0.15) is 27.0 Å². The minimum absolute atomic E-state index is 0.0882. The number of hydrogen-bond donors (Lipinski definition) is 4. The summed E-state index contributed by atoms with van der Waals surface area (Å²) in [5, 5.41) is 24.0. The van der Waals surface area contributed by atoms with Crippen LogP contribution < -0.4 is 15.2 Å². The quantitative estimate of drug-likeness (QED) is 0.147. The van der Waals surface area contributed by atoms with E-state index in [-0.39, 0.29) is 10.5 Å². The summed E-state index contributed by atoms with van der Waals surface area (Å²) in [6.07, 6.45) is 1.89. The van der Waals surface area contributed by atoms with Gasteiger partial charge in [0.1, 0.15) is 30.6 Å². The summed E-state index contributed by atoms with van der Waals surface area (Å²) in [6, 6.07) is 8.05. The molecule has 1 fully saturated rings. The van der Waals surface area contributed by atoms with Gasteiger partial charge in [0.15, 0.2) is 16.6 Å². The van der Waals surface area contributed by atoms with Crippen LogP contribution in [-0.4, -0.2) is 62.3 Å².